The molecule has 9 heteroatoms. The van der Waals surface area contributed by atoms with Crippen LogP contribution < -0.4 is 5.32 Å². The third-order valence-corrected chi connectivity index (χ3v) is 3.17. The van der Waals surface area contributed by atoms with E-state index in [-0.39, 0.29) is 17.0 Å². The molecule has 0 radical (unpaired) electrons. The lowest BCUT2D eigenvalue weighted by molar-refractivity contribution is -0.387. The monoisotopic (exact) mass is 348 g/mol. The number of aromatic hydroxyl groups is 1. The van der Waals surface area contributed by atoms with Crippen LogP contribution >= 0.6 is 0 Å². The van der Waals surface area contributed by atoms with E-state index in [1.165, 1.54) is 31.2 Å². The Balaban J connectivity index is 2.03. The number of amides is 1. The van der Waals surface area contributed by atoms with Gasteiger partial charge in [0.05, 0.1) is 10.5 Å². The predicted octanol–water partition coefficient (Wildman–Crippen LogP) is 2.62. The maximum absolute atomic E-state index is 13.3. The number of nitro benzene ring substituents is 1. The fraction of sp³-hybridized carbons (Fsp3) is 0.125. The molecule has 2 rings (SSSR count). The van der Waals surface area contributed by atoms with Crippen molar-refractivity contribution in [1.82, 2.24) is 0 Å². The Bertz CT molecular complexity index is 822. The van der Waals surface area contributed by atoms with Crippen molar-refractivity contribution in [2.45, 2.75) is 13.0 Å². The van der Waals surface area contributed by atoms with Crippen LogP contribution in [-0.2, 0) is 9.53 Å². The Morgan fingerprint density at radius 1 is 1.24 bits per heavy atom. The number of phenolic OH excluding ortho intramolecular Hbond substituents is 1. The first-order valence-corrected chi connectivity index (χ1v) is 7.02. The van der Waals surface area contributed by atoms with Crippen LogP contribution in [0.2, 0.25) is 0 Å². The SMILES string of the molecule is C[C@@H](OC(=O)c1ccc(O)cc1)C(=O)Nc1ccc(F)c([N+](=O)[O-])c1. The van der Waals surface area contributed by atoms with Crippen molar-refractivity contribution < 1.29 is 28.7 Å². The molecule has 25 heavy (non-hydrogen) atoms. The van der Waals surface area contributed by atoms with Gasteiger partial charge >= 0.3 is 11.7 Å². The maximum atomic E-state index is 13.3. The molecule has 0 aromatic heterocycles. The molecule has 130 valence electrons. The van der Waals surface area contributed by atoms with E-state index in [1.54, 1.807) is 0 Å². The lowest BCUT2D eigenvalue weighted by Crippen LogP contribution is -2.30. The molecule has 1 amide bonds. The van der Waals surface area contributed by atoms with Gasteiger partial charge in [-0.25, -0.2) is 4.79 Å². The van der Waals surface area contributed by atoms with Crippen LogP contribution in [-0.4, -0.2) is 28.0 Å². The number of carbonyl (C=O) groups excluding carboxylic acids is 2. The molecule has 2 N–H and O–H groups in total. The molecule has 0 aliphatic rings. The van der Waals surface area contributed by atoms with E-state index < -0.39 is 34.4 Å². The van der Waals surface area contributed by atoms with E-state index in [0.717, 1.165) is 18.2 Å². The summed E-state index contributed by atoms with van der Waals surface area (Å²) in [7, 11) is 0. The molecule has 0 saturated heterocycles. The Hall–Kier alpha value is -3.49. The number of nitrogens with zero attached hydrogens (tertiary/aromatic N) is 1. The van der Waals surface area contributed by atoms with Crippen molar-refractivity contribution in [3.05, 3.63) is 64.0 Å². The zero-order valence-corrected chi connectivity index (χ0v) is 12.9. The standard InChI is InChI=1S/C16H13FN2O6/c1-9(25-16(22)10-2-5-12(20)6-3-10)15(21)18-11-4-7-13(17)14(8-11)19(23)24/h2-9,20H,1H3,(H,18,21)/t9-/m1/s1. The number of anilines is 1. The van der Waals surface area contributed by atoms with Crippen LogP contribution in [0.4, 0.5) is 15.8 Å². The number of benzene rings is 2. The molecule has 8 nitrogen and oxygen atoms in total. The summed E-state index contributed by atoms with van der Waals surface area (Å²) < 4.78 is 18.2. The second-order valence-electron chi connectivity index (χ2n) is 5.01. The summed E-state index contributed by atoms with van der Waals surface area (Å²) in [5.74, 6) is -2.59. The number of hydrogen-bond donors (Lipinski definition) is 2. The topological polar surface area (TPSA) is 119 Å². The molecule has 0 heterocycles. The zero-order valence-electron chi connectivity index (χ0n) is 12.9. The van der Waals surface area contributed by atoms with Crippen LogP contribution in [0.15, 0.2) is 42.5 Å². The number of ether oxygens (including phenoxy) is 1. The first-order chi connectivity index (χ1) is 11.8. The van der Waals surface area contributed by atoms with E-state index in [2.05, 4.69) is 5.32 Å². The number of halogens is 1. The second-order valence-corrected chi connectivity index (χ2v) is 5.01. The lowest BCUT2D eigenvalue weighted by Gasteiger charge is -2.13. The van der Waals surface area contributed by atoms with Gasteiger partial charge in [0.2, 0.25) is 5.82 Å². The lowest BCUT2D eigenvalue weighted by atomic mass is 10.2. The van der Waals surface area contributed by atoms with Crippen molar-refractivity contribution >= 4 is 23.3 Å². The number of carbonyl (C=O) groups is 2. The third-order valence-electron chi connectivity index (χ3n) is 3.17. The van der Waals surface area contributed by atoms with Crippen molar-refractivity contribution in [2.24, 2.45) is 0 Å². The quantitative estimate of drug-likeness (QED) is 0.487. The molecule has 0 spiro atoms. The molecule has 0 aliphatic carbocycles. The summed E-state index contributed by atoms with van der Waals surface area (Å²) in [6, 6.07) is 8.09. The number of esters is 1. The van der Waals surface area contributed by atoms with E-state index in [4.69, 9.17) is 9.84 Å². The van der Waals surface area contributed by atoms with E-state index >= 15 is 0 Å². The van der Waals surface area contributed by atoms with E-state index in [0.29, 0.717) is 0 Å². The highest BCUT2D eigenvalue weighted by molar-refractivity contribution is 5.97. The zero-order chi connectivity index (χ0) is 18.6. The molecule has 0 bridgehead atoms. The van der Waals surface area contributed by atoms with Crippen molar-refractivity contribution in [3.63, 3.8) is 0 Å². The van der Waals surface area contributed by atoms with Crippen LogP contribution in [0.1, 0.15) is 17.3 Å². The van der Waals surface area contributed by atoms with E-state index in [9.17, 15) is 24.1 Å². The van der Waals surface area contributed by atoms with Crippen LogP contribution in [0.25, 0.3) is 0 Å². The summed E-state index contributed by atoms with van der Waals surface area (Å²) in [5, 5.41) is 22.2. The second kappa shape index (κ2) is 7.39. The van der Waals surface area contributed by atoms with Crippen molar-refractivity contribution in [3.8, 4) is 5.75 Å². The number of phenols is 1. The summed E-state index contributed by atoms with van der Waals surface area (Å²) >= 11 is 0. The minimum atomic E-state index is -1.20. The van der Waals surface area contributed by atoms with Crippen LogP contribution in [0, 0.1) is 15.9 Å². The molecule has 0 fully saturated rings. The van der Waals surface area contributed by atoms with Gasteiger partial charge in [-0.2, -0.15) is 4.39 Å². The first-order valence-electron chi connectivity index (χ1n) is 7.02. The molecule has 1 atom stereocenters. The normalized spacial score (nSPS) is 11.4. The van der Waals surface area contributed by atoms with Crippen molar-refractivity contribution in [2.75, 3.05) is 5.32 Å². The highest BCUT2D eigenvalue weighted by Gasteiger charge is 2.21. The third kappa shape index (κ3) is 4.50. The molecular formula is C16H13FN2O6. The highest BCUT2D eigenvalue weighted by atomic mass is 19.1. The smallest absolute Gasteiger partial charge is 0.338 e. The Kier molecular flexibility index (Phi) is 5.28. The van der Waals surface area contributed by atoms with Gasteiger partial charge in [-0.3, -0.25) is 14.9 Å². The average molecular weight is 348 g/mol. The van der Waals surface area contributed by atoms with Gasteiger partial charge < -0.3 is 15.2 Å². The fourth-order valence-corrected chi connectivity index (χ4v) is 1.85. The van der Waals surface area contributed by atoms with Gasteiger partial charge in [-0.1, -0.05) is 0 Å². The number of rotatable bonds is 5. The summed E-state index contributed by atoms with van der Waals surface area (Å²) in [4.78, 5) is 33.7. The van der Waals surface area contributed by atoms with Crippen LogP contribution in [0.3, 0.4) is 0 Å². The number of hydrogen-bond acceptors (Lipinski definition) is 6. The van der Waals surface area contributed by atoms with Gasteiger partial charge in [0.25, 0.3) is 5.91 Å². The number of nitro groups is 1. The van der Waals surface area contributed by atoms with Gasteiger partial charge in [-0.15, -0.1) is 0 Å². The molecule has 0 saturated carbocycles. The van der Waals surface area contributed by atoms with Gasteiger partial charge in [0.1, 0.15) is 5.75 Å². The molecular weight excluding hydrogens is 335 g/mol. The van der Waals surface area contributed by atoms with Crippen LogP contribution in [0.5, 0.6) is 5.75 Å². The average Bonchev–Trinajstić information content (AvgIpc) is 2.56. The molecule has 0 aliphatic heterocycles. The van der Waals surface area contributed by atoms with Gasteiger partial charge in [0.15, 0.2) is 6.10 Å². The molecule has 2 aromatic carbocycles. The summed E-state index contributed by atoms with van der Waals surface area (Å²) in [6.45, 7) is 1.31. The van der Waals surface area contributed by atoms with E-state index in [1.807, 2.05) is 0 Å². The Labute approximate surface area is 141 Å². The van der Waals surface area contributed by atoms with Gasteiger partial charge in [0, 0.05) is 11.8 Å². The largest absolute Gasteiger partial charge is 0.508 e. The number of nitrogens with one attached hydrogen (secondary N) is 1. The fourth-order valence-electron chi connectivity index (χ4n) is 1.85. The molecule has 2 aromatic rings. The maximum Gasteiger partial charge on any atom is 0.338 e. The Morgan fingerprint density at radius 2 is 1.88 bits per heavy atom. The Morgan fingerprint density at radius 3 is 2.48 bits per heavy atom. The highest BCUT2D eigenvalue weighted by Crippen LogP contribution is 2.22. The summed E-state index contributed by atoms with van der Waals surface area (Å²) in [6.07, 6.45) is -1.20. The predicted molar refractivity (Wildman–Crippen MR) is 84.7 cm³/mol. The van der Waals surface area contributed by atoms with Gasteiger partial charge in [-0.05, 0) is 43.3 Å². The summed E-state index contributed by atoms with van der Waals surface area (Å²) in [5.41, 5.74) is -0.660. The minimum Gasteiger partial charge on any atom is -0.508 e. The van der Waals surface area contributed by atoms with Crippen molar-refractivity contribution in [1.29, 1.82) is 0 Å². The molecule has 0 unspecified atom stereocenters. The first kappa shape index (κ1) is 17.9. The minimum absolute atomic E-state index is 0.00867.